The van der Waals surface area contributed by atoms with E-state index in [0.29, 0.717) is 0 Å². The standard InChI is InChI=1S/C8H16N2O4/c1-5(4-11)10-8(14)6(9)2-3-7(12)13/h5-6,11H,2-4,9H2,1H3,(H,10,14)(H,12,13). The lowest BCUT2D eigenvalue weighted by atomic mass is 10.1. The molecule has 0 fully saturated rings. The molecule has 0 spiro atoms. The van der Waals surface area contributed by atoms with E-state index < -0.39 is 17.9 Å². The van der Waals surface area contributed by atoms with Crippen LogP contribution in [0.5, 0.6) is 0 Å². The summed E-state index contributed by atoms with van der Waals surface area (Å²) in [5.74, 6) is -1.42. The molecule has 0 bridgehead atoms. The van der Waals surface area contributed by atoms with Gasteiger partial charge < -0.3 is 21.3 Å². The molecule has 0 saturated carbocycles. The molecule has 6 nitrogen and oxygen atoms in total. The molecule has 6 heteroatoms. The number of amides is 1. The van der Waals surface area contributed by atoms with Gasteiger partial charge in [-0.2, -0.15) is 0 Å². The molecule has 0 heterocycles. The van der Waals surface area contributed by atoms with Crippen molar-refractivity contribution in [2.24, 2.45) is 5.73 Å². The molecule has 0 radical (unpaired) electrons. The fourth-order valence-electron chi connectivity index (χ4n) is 0.806. The van der Waals surface area contributed by atoms with Gasteiger partial charge in [-0.05, 0) is 13.3 Å². The minimum absolute atomic E-state index is 0.0965. The van der Waals surface area contributed by atoms with Gasteiger partial charge in [-0.15, -0.1) is 0 Å². The minimum Gasteiger partial charge on any atom is -0.481 e. The van der Waals surface area contributed by atoms with Crippen LogP contribution in [0, 0.1) is 0 Å². The Bertz CT molecular complexity index is 208. The second-order valence-electron chi connectivity index (χ2n) is 3.13. The lowest BCUT2D eigenvalue weighted by molar-refractivity contribution is -0.137. The number of nitrogens with one attached hydrogen (secondary N) is 1. The maximum absolute atomic E-state index is 11.2. The van der Waals surface area contributed by atoms with Gasteiger partial charge >= 0.3 is 5.97 Å². The lowest BCUT2D eigenvalue weighted by Gasteiger charge is -2.14. The number of aliphatic carboxylic acids is 1. The normalized spacial score (nSPS) is 14.5. The number of carbonyl (C=O) groups excluding carboxylic acids is 1. The molecular formula is C8H16N2O4. The number of carboxylic acid groups (broad SMARTS) is 1. The quantitative estimate of drug-likeness (QED) is 0.428. The Labute approximate surface area is 82.1 Å². The van der Waals surface area contributed by atoms with E-state index in [9.17, 15) is 9.59 Å². The van der Waals surface area contributed by atoms with E-state index >= 15 is 0 Å². The van der Waals surface area contributed by atoms with Crippen LogP contribution >= 0.6 is 0 Å². The van der Waals surface area contributed by atoms with Crippen LogP contribution in [-0.4, -0.2) is 40.8 Å². The Morgan fingerprint density at radius 3 is 2.50 bits per heavy atom. The van der Waals surface area contributed by atoms with E-state index in [2.05, 4.69) is 5.32 Å². The maximum Gasteiger partial charge on any atom is 0.303 e. The molecular weight excluding hydrogens is 188 g/mol. The van der Waals surface area contributed by atoms with Gasteiger partial charge in [-0.1, -0.05) is 0 Å². The largest absolute Gasteiger partial charge is 0.481 e. The van der Waals surface area contributed by atoms with Crippen molar-refractivity contribution in [2.75, 3.05) is 6.61 Å². The first-order valence-corrected chi connectivity index (χ1v) is 4.36. The molecule has 0 aromatic carbocycles. The van der Waals surface area contributed by atoms with Crippen LogP contribution in [0.15, 0.2) is 0 Å². The predicted molar refractivity (Wildman–Crippen MR) is 49.5 cm³/mol. The number of hydrogen-bond acceptors (Lipinski definition) is 4. The summed E-state index contributed by atoms with van der Waals surface area (Å²) in [6.07, 6.45) is -0.0403. The zero-order valence-corrected chi connectivity index (χ0v) is 8.06. The van der Waals surface area contributed by atoms with Crippen LogP contribution in [0.2, 0.25) is 0 Å². The Morgan fingerprint density at radius 2 is 2.07 bits per heavy atom. The molecule has 0 aliphatic rings. The van der Waals surface area contributed by atoms with Crippen molar-refractivity contribution in [1.29, 1.82) is 0 Å². The highest BCUT2D eigenvalue weighted by molar-refractivity contribution is 5.82. The lowest BCUT2D eigenvalue weighted by Crippen LogP contribution is -2.45. The van der Waals surface area contributed by atoms with E-state index in [1.165, 1.54) is 0 Å². The van der Waals surface area contributed by atoms with Gasteiger partial charge in [0.1, 0.15) is 0 Å². The zero-order valence-electron chi connectivity index (χ0n) is 8.06. The Morgan fingerprint density at radius 1 is 1.50 bits per heavy atom. The van der Waals surface area contributed by atoms with E-state index in [0.717, 1.165) is 0 Å². The second-order valence-corrected chi connectivity index (χ2v) is 3.13. The van der Waals surface area contributed by atoms with Gasteiger partial charge in [0.05, 0.1) is 12.6 Å². The van der Waals surface area contributed by atoms with Crippen molar-refractivity contribution in [3.8, 4) is 0 Å². The van der Waals surface area contributed by atoms with Crippen molar-refractivity contribution in [3.05, 3.63) is 0 Å². The van der Waals surface area contributed by atoms with Crippen LogP contribution in [0.25, 0.3) is 0 Å². The summed E-state index contributed by atoms with van der Waals surface area (Å²) in [6, 6.07) is -1.20. The van der Waals surface area contributed by atoms with Crippen molar-refractivity contribution in [1.82, 2.24) is 5.32 Å². The van der Waals surface area contributed by atoms with E-state index in [1.54, 1.807) is 6.92 Å². The average Bonchev–Trinajstić information content (AvgIpc) is 2.13. The molecule has 0 saturated heterocycles. The first-order valence-electron chi connectivity index (χ1n) is 4.36. The Hall–Kier alpha value is -1.14. The molecule has 2 unspecified atom stereocenters. The summed E-state index contributed by atoms with van der Waals surface area (Å²) in [5, 5.41) is 19.4. The fraction of sp³-hybridized carbons (Fsp3) is 0.750. The number of hydrogen-bond donors (Lipinski definition) is 4. The topological polar surface area (TPSA) is 113 Å². The van der Waals surface area contributed by atoms with Crippen molar-refractivity contribution < 1.29 is 19.8 Å². The van der Waals surface area contributed by atoms with Gasteiger partial charge in [-0.25, -0.2) is 0 Å². The first-order chi connectivity index (χ1) is 6.47. The Kier molecular flexibility index (Phi) is 5.82. The Balaban J connectivity index is 3.81. The summed E-state index contributed by atoms with van der Waals surface area (Å²) in [4.78, 5) is 21.4. The van der Waals surface area contributed by atoms with Crippen molar-refractivity contribution in [3.63, 3.8) is 0 Å². The number of rotatable bonds is 6. The molecule has 0 aromatic rings. The molecule has 0 rings (SSSR count). The van der Waals surface area contributed by atoms with Crippen LogP contribution in [0.4, 0.5) is 0 Å². The summed E-state index contributed by atoms with van der Waals surface area (Å²) >= 11 is 0. The van der Waals surface area contributed by atoms with E-state index in [4.69, 9.17) is 15.9 Å². The summed E-state index contributed by atoms with van der Waals surface area (Å²) < 4.78 is 0. The third-order valence-electron chi connectivity index (χ3n) is 1.67. The van der Waals surface area contributed by atoms with Crippen molar-refractivity contribution in [2.45, 2.75) is 31.8 Å². The summed E-state index contributed by atoms with van der Waals surface area (Å²) in [5.41, 5.74) is 5.41. The molecule has 1 amide bonds. The van der Waals surface area contributed by atoms with Crippen LogP contribution in [-0.2, 0) is 9.59 Å². The third kappa shape index (κ3) is 5.50. The summed E-state index contributed by atoms with van der Waals surface area (Å²) in [6.45, 7) is 1.46. The number of aliphatic hydroxyl groups excluding tert-OH is 1. The predicted octanol–water partition coefficient (Wildman–Crippen LogP) is -1.32. The molecule has 2 atom stereocenters. The van der Waals surface area contributed by atoms with Crippen LogP contribution < -0.4 is 11.1 Å². The highest BCUT2D eigenvalue weighted by Gasteiger charge is 2.16. The molecule has 82 valence electrons. The number of carbonyl (C=O) groups is 2. The molecule has 14 heavy (non-hydrogen) atoms. The van der Waals surface area contributed by atoms with Gasteiger partial charge in [-0.3, -0.25) is 9.59 Å². The van der Waals surface area contributed by atoms with E-state index in [-0.39, 0.29) is 25.5 Å². The number of aliphatic hydroxyl groups is 1. The van der Waals surface area contributed by atoms with Gasteiger partial charge in [0.15, 0.2) is 0 Å². The molecule has 0 aliphatic carbocycles. The molecule has 5 N–H and O–H groups in total. The molecule has 0 aromatic heterocycles. The monoisotopic (exact) mass is 204 g/mol. The highest BCUT2D eigenvalue weighted by atomic mass is 16.4. The maximum atomic E-state index is 11.2. The zero-order chi connectivity index (χ0) is 11.1. The SMILES string of the molecule is CC(CO)NC(=O)C(N)CCC(=O)O. The minimum atomic E-state index is -0.983. The van der Waals surface area contributed by atoms with E-state index in [1.807, 2.05) is 0 Å². The molecule has 0 aliphatic heterocycles. The average molecular weight is 204 g/mol. The third-order valence-corrected chi connectivity index (χ3v) is 1.67. The number of nitrogens with two attached hydrogens (primary N) is 1. The van der Waals surface area contributed by atoms with Gasteiger partial charge in [0.25, 0.3) is 0 Å². The first kappa shape index (κ1) is 12.9. The van der Waals surface area contributed by atoms with Crippen molar-refractivity contribution >= 4 is 11.9 Å². The summed E-state index contributed by atoms with van der Waals surface area (Å²) in [7, 11) is 0. The fourth-order valence-corrected chi connectivity index (χ4v) is 0.806. The number of carboxylic acids is 1. The smallest absolute Gasteiger partial charge is 0.303 e. The van der Waals surface area contributed by atoms with Crippen LogP contribution in [0.3, 0.4) is 0 Å². The highest BCUT2D eigenvalue weighted by Crippen LogP contribution is 1.95. The van der Waals surface area contributed by atoms with Gasteiger partial charge in [0, 0.05) is 12.5 Å². The van der Waals surface area contributed by atoms with Crippen LogP contribution in [0.1, 0.15) is 19.8 Å². The van der Waals surface area contributed by atoms with Gasteiger partial charge in [0.2, 0.25) is 5.91 Å². The second kappa shape index (κ2) is 6.33.